The number of amides is 1. The zero-order valence-corrected chi connectivity index (χ0v) is 15.4. The van der Waals surface area contributed by atoms with Crippen LogP contribution in [0.15, 0.2) is 48.5 Å². The SMILES string of the molecule is Cn1nc(C(F)(F)F)cc1-c1ccc(OCc2ccc(Cl)cc2)cc1C(N)=O. The molecule has 0 aliphatic rings. The van der Waals surface area contributed by atoms with E-state index >= 15 is 0 Å². The number of primary amides is 1. The predicted molar refractivity (Wildman–Crippen MR) is 97.9 cm³/mol. The Labute approximate surface area is 163 Å². The van der Waals surface area contributed by atoms with E-state index in [-0.39, 0.29) is 23.4 Å². The summed E-state index contributed by atoms with van der Waals surface area (Å²) < 4.78 is 45.4. The van der Waals surface area contributed by atoms with Gasteiger partial charge in [0, 0.05) is 17.6 Å². The third-order valence-corrected chi connectivity index (χ3v) is 4.27. The maximum Gasteiger partial charge on any atom is 0.435 e. The predicted octanol–water partition coefficient (Wildman–Crippen LogP) is 4.44. The van der Waals surface area contributed by atoms with Crippen LogP contribution in [0.4, 0.5) is 13.2 Å². The van der Waals surface area contributed by atoms with Gasteiger partial charge >= 0.3 is 6.18 Å². The molecule has 0 saturated heterocycles. The average Bonchev–Trinajstić information content (AvgIpc) is 3.03. The van der Waals surface area contributed by atoms with Crippen molar-refractivity contribution in [1.29, 1.82) is 0 Å². The molecular weight excluding hydrogens is 395 g/mol. The highest BCUT2D eigenvalue weighted by molar-refractivity contribution is 6.30. The fourth-order valence-corrected chi connectivity index (χ4v) is 2.77. The summed E-state index contributed by atoms with van der Waals surface area (Å²) in [5, 5.41) is 4.06. The molecule has 2 N–H and O–H groups in total. The topological polar surface area (TPSA) is 70.1 Å². The van der Waals surface area contributed by atoms with Crippen LogP contribution in [-0.2, 0) is 19.8 Å². The Kier molecular flexibility index (Phi) is 5.33. The van der Waals surface area contributed by atoms with Gasteiger partial charge in [-0.25, -0.2) is 0 Å². The maximum atomic E-state index is 12.9. The van der Waals surface area contributed by atoms with Crippen molar-refractivity contribution in [3.63, 3.8) is 0 Å². The molecular formula is C19H15ClF3N3O2. The summed E-state index contributed by atoms with van der Waals surface area (Å²) in [6.07, 6.45) is -4.59. The number of nitrogens with two attached hydrogens (primary N) is 1. The molecule has 1 heterocycles. The summed E-state index contributed by atoms with van der Waals surface area (Å²) in [6, 6.07) is 12.3. The molecule has 0 aliphatic carbocycles. The highest BCUT2D eigenvalue weighted by Gasteiger charge is 2.35. The maximum absolute atomic E-state index is 12.9. The van der Waals surface area contributed by atoms with Crippen molar-refractivity contribution in [3.8, 4) is 17.0 Å². The third-order valence-electron chi connectivity index (χ3n) is 4.02. The first-order valence-corrected chi connectivity index (χ1v) is 8.45. The number of hydrogen-bond donors (Lipinski definition) is 1. The van der Waals surface area contributed by atoms with Crippen molar-refractivity contribution in [2.75, 3.05) is 0 Å². The first kappa shape index (κ1) is 19.8. The second-order valence-corrected chi connectivity index (χ2v) is 6.46. The van der Waals surface area contributed by atoms with Crippen LogP contribution in [0, 0.1) is 0 Å². The standard InChI is InChI=1S/C19H15ClF3N3O2/c1-26-16(9-17(25-26)19(21,22)23)14-7-6-13(8-15(14)18(24)27)28-10-11-2-4-12(20)5-3-11/h2-9H,10H2,1H3,(H2,24,27). The minimum Gasteiger partial charge on any atom is -0.489 e. The van der Waals surface area contributed by atoms with Gasteiger partial charge < -0.3 is 10.5 Å². The van der Waals surface area contributed by atoms with Gasteiger partial charge in [0.15, 0.2) is 5.69 Å². The zero-order chi connectivity index (χ0) is 20.5. The highest BCUT2D eigenvalue weighted by Crippen LogP contribution is 2.33. The van der Waals surface area contributed by atoms with Crippen molar-refractivity contribution < 1.29 is 22.7 Å². The summed E-state index contributed by atoms with van der Waals surface area (Å²) in [6.45, 7) is 0.221. The number of alkyl halides is 3. The van der Waals surface area contributed by atoms with E-state index in [2.05, 4.69) is 5.10 Å². The number of carbonyl (C=O) groups excluding carboxylic acids is 1. The molecule has 28 heavy (non-hydrogen) atoms. The molecule has 0 atom stereocenters. The minimum absolute atomic E-state index is 0.0327. The van der Waals surface area contributed by atoms with Crippen LogP contribution in [0.25, 0.3) is 11.3 Å². The van der Waals surface area contributed by atoms with Crippen LogP contribution in [-0.4, -0.2) is 15.7 Å². The number of halogens is 4. The van der Waals surface area contributed by atoms with E-state index in [0.717, 1.165) is 16.3 Å². The van der Waals surface area contributed by atoms with Gasteiger partial charge in [-0.3, -0.25) is 9.48 Å². The zero-order valence-electron chi connectivity index (χ0n) is 14.6. The minimum atomic E-state index is -4.59. The summed E-state index contributed by atoms with van der Waals surface area (Å²) in [5.74, 6) is -0.438. The van der Waals surface area contributed by atoms with Gasteiger partial charge in [0.05, 0.1) is 11.3 Å². The van der Waals surface area contributed by atoms with Crippen LogP contribution >= 0.6 is 11.6 Å². The highest BCUT2D eigenvalue weighted by atomic mass is 35.5. The fraction of sp³-hybridized carbons (Fsp3) is 0.158. The van der Waals surface area contributed by atoms with Gasteiger partial charge in [0.2, 0.25) is 5.91 Å². The van der Waals surface area contributed by atoms with Crippen molar-refractivity contribution >= 4 is 17.5 Å². The van der Waals surface area contributed by atoms with Crippen LogP contribution < -0.4 is 10.5 Å². The number of rotatable bonds is 5. The number of hydrogen-bond acceptors (Lipinski definition) is 3. The largest absolute Gasteiger partial charge is 0.489 e. The summed E-state index contributed by atoms with van der Waals surface area (Å²) >= 11 is 5.83. The lowest BCUT2D eigenvalue weighted by Crippen LogP contribution is -2.13. The lowest BCUT2D eigenvalue weighted by atomic mass is 10.0. The van der Waals surface area contributed by atoms with Crippen LogP contribution in [0.5, 0.6) is 5.75 Å². The second-order valence-electron chi connectivity index (χ2n) is 6.02. The van der Waals surface area contributed by atoms with E-state index in [0.29, 0.717) is 10.8 Å². The van der Waals surface area contributed by atoms with Crippen molar-refractivity contribution in [1.82, 2.24) is 9.78 Å². The molecule has 9 heteroatoms. The van der Waals surface area contributed by atoms with Crippen LogP contribution in [0.2, 0.25) is 5.02 Å². The normalized spacial score (nSPS) is 11.5. The van der Waals surface area contributed by atoms with E-state index in [1.807, 2.05) is 0 Å². The number of nitrogens with zero attached hydrogens (tertiary/aromatic N) is 2. The van der Waals surface area contributed by atoms with Crippen LogP contribution in [0.1, 0.15) is 21.6 Å². The third kappa shape index (κ3) is 4.28. The molecule has 0 aliphatic heterocycles. The Balaban J connectivity index is 1.90. The number of aryl methyl sites for hydroxylation is 1. The van der Waals surface area contributed by atoms with Crippen molar-refractivity contribution in [2.45, 2.75) is 12.8 Å². The Morgan fingerprint density at radius 1 is 1.18 bits per heavy atom. The molecule has 1 amide bonds. The van der Waals surface area contributed by atoms with Gasteiger partial charge in [-0.1, -0.05) is 23.7 Å². The Morgan fingerprint density at radius 3 is 2.43 bits per heavy atom. The molecule has 0 saturated carbocycles. The van der Waals surface area contributed by atoms with Gasteiger partial charge in [-0.2, -0.15) is 18.3 Å². The monoisotopic (exact) mass is 409 g/mol. The summed E-state index contributed by atoms with van der Waals surface area (Å²) in [7, 11) is 1.36. The smallest absolute Gasteiger partial charge is 0.435 e. The molecule has 0 radical (unpaired) electrons. The van der Waals surface area contributed by atoms with Gasteiger partial charge in [0.25, 0.3) is 0 Å². The fourth-order valence-electron chi connectivity index (χ4n) is 2.65. The molecule has 5 nitrogen and oxygen atoms in total. The number of ether oxygens (including phenoxy) is 1. The molecule has 0 fully saturated rings. The molecule has 1 aromatic heterocycles. The van der Waals surface area contributed by atoms with E-state index in [9.17, 15) is 18.0 Å². The van der Waals surface area contributed by atoms with E-state index in [1.165, 1.54) is 19.2 Å². The van der Waals surface area contributed by atoms with E-state index < -0.39 is 17.8 Å². The first-order chi connectivity index (χ1) is 13.1. The quantitative estimate of drug-likeness (QED) is 0.677. The lowest BCUT2D eigenvalue weighted by Gasteiger charge is -2.11. The lowest BCUT2D eigenvalue weighted by molar-refractivity contribution is -0.141. The molecule has 3 rings (SSSR count). The Bertz CT molecular complexity index is 1010. The van der Waals surface area contributed by atoms with Crippen molar-refractivity contribution in [2.24, 2.45) is 12.8 Å². The molecule has 0 spiro atoms. The summed E-state index contributed by atoms with van der Waals surface area (Å²) in [5.41, 5.74) is 5.61. The Morgan fingerprint density at radius 2 is 1.86 bits per heavy atom. The molecule has 2 aromatic carbocycles. The van der Waals surface area contributed by atoms with Gasteiger partial charge in [-0.05, 0) is 42.0 Å². The second kappa shape index (κ2) is 7.55. The summed E-state index contributed by atoms with van der Waals surface area (Å²) in [4.78, 5) is 11.9. The number of aromatic nitrogens is 2. The van der Waals surface area contributed by atoms with Gasteiger partial charge in [-0.15, -0.1) is 0 Å². The number of benzene rings is 2. The van der Waals surface area contributed by atoms with E-state index in [1.54, 1.807) is 30.3 Å². The number of carbonyl (C=O) groups is 1. The molecule has 0 unspecified atom stereocenters. The van der Waals surface area contributed by atoms with E-state index in [4.69, 9.17) is 22.1 Å². The van der Waals surface area contributed by atoms with Crippen molar-refractivity contribution in [3.05, 3.63) is 70.4 Å². The Hall–Kier alpha value is -3.00. The molecule has 0 bridgehead atoms. The molecule has 3 aromatic rings. The van der Waals surface area contributed by atoms with Gasteiger partial charge in [0.1, 0.15) is 12.4 Å². The average molecular weight is 410 g/mol. The first-order valence-electron chi connectivity index (χ1n) is 8.08. The van der Waals surface area contributed by atoms with Crippen LogP contribution in [0.3, 0.4) is 0 Å². The molecule has 146 valence electrons.